The van der Waals surface area contributed by atoms with Crippen LogP contribution in [0.15, 0.2) is 6.07 Å². The Morgan fingerprint density at radius 1 is 1.29 bits per heavy atom. The maximum atomic E-state index is 12.8. The van der Waals surface area contributed by atoms with E-state index >= 15 is 0 Å². The minimum Gasteiger partial charge on any atom is -0.496 e. The van der Waals surface area contributed by atoms with Crippen LogP contribution in [0.3, 0.4) is 0 Å². The Hall–Kier alpha value is -1.26. The number of amides is 1. The van der Waals surface area contributed by atoms with E-state index in [1.54, 1.807) is 7.11 Å². The van der Waals surface area contributed by atoms with Gasteiger partial charge in [-0.15, -0.1) is 0 Å². The number of ether oxygens (including phenoxy) is 1. The van der Waals surface area contributed by atoms with Crippen molar-refractivity contribution in [2.75, 3.05) is 39.8 Å². The molecule has 0 spiro atoms. The lowest BCUT2D eigenvalue weighted by Gasteiger charge is -2.34. The van der Waals surface area contributed by atoms with E-state index in [0.717, 1.165) is 43.9 Å². The third-order valence-corrected chi connectivity index (χ3v) is 4.77. The van der Waals surface area contributed by atoms with Crippen molar-refractivity contribution in [2.45, 2.75) is 20.8 Å². The van der Waals surface area contributed by atoms with Gasteiger partial charge in [0.15, 0.2) is 0 Å². The topological polar surface area (TPSA) is 32.8 Å². The van der Waals surface area contributed by atoms with Crippen molar-refractivity contribution >= 4 is 17.5 Å². The van der Waals surface area contributed by atoms with Gasteiger partial charge in [0.2, 0.25) is 0 Å². The number of halogens is 1. The average Bonchev–Trinajstić information content (AvgIpc) is 2.51. The lowest BCUT2D eigenvalue weighted by Crippen LogP contribution is -2.48. The fraction of sp³-hybridized carbons (Fsp3) is 0.562. The van der Waals surface area contributed by atoms with Crippen LogP contribution in [-0.2, 0) is 0 Å². The van der Waals surface area contributed by atoms with Gasteiger partial charge in [-0.25, -0.2) is 0 Å². The molecule has 1 amide bonds. The van der Waals surface area contributed by atoms with E-state index in [0.29, 0.717) is 16.3 Å². The summed E-state index contributed by atoms with van der Waals surface area (Å²) in [6.07, 6.45) is 0. The van der Waals surface area contributed by atoms with Crippen molar-refractivity contribution in [3.05, 3.63) is 27.8 Å². The van der Waals surface area contributed by atoms with Gasteiger partial charge in [0.25, 0.3) is 5.91 Å². The first-order chi connectivity index (χ1) is 9.99. The molecule has 0 aromatic heterocycles. The molecule has 1 heterocycles. The largest absolute Gasteiger partial charge is 0.496 e. The van der Waals surface area contributed by atoms with Crippen molar-refractivity contribution in [2.24, 2.45) is 0 Å². The zero-order valence-electron chi connectivity index (χ0n) is 13.2. The van der Waals surface area contributed by atoms with Crippen LogP contribution in [0.2, 0.25) is 5.02 Å². The highest BCUT2D eigenvalue weighted by atomic mass is 35.5. The van der Waals surface area contributed by atoms with Crippen LogP contribution in [0, 0.1) is 13.8 Å². The zero-order valence-corrected chi connectivity index (χ0v) is 14.0. The molecule has 4 nitrogen and oxygen atoms in total. The van der Waals surface area contributed by atoms with Crippen LogP contribution >= 0.6 is 11.6 Å². The summed E-state index contributed by atoms with van der Waals surface area (Å²) < 4.78 is 5.40. The first-order valence-electron chi connectivity index (χ1n) is 7.34. The third-order valence-electron chi connectivity index (χ3n) is 4.18. The molecule has 0 unspecified atom stereocenters. The van der Waals surface area contributed by atoms with Gasteiger partial charge in [-0.2, -0.15) is 0 Å². The fourth-order valence-electron chi connectivity index (χ4n) is 2.77. The Balaban J connectivity index is 2.29. The van der Waals surface area contributed by atoms with Gasteiger partial charge in [-0.1, -0.05) is 18.5 Å². The Morgan fingerprint density at radius 2 is 1.90 bits per heavy atom. The molecule has 0 atom stereocenters. The Bertz CT molecular complexity index is 538. The molecule has 0 bridgehead atoms. The predicted octanol–water partition coefficient (Wildman–Crippen LogP) is 2.74. The summed E-state index contributed by atoms with van der Waals surface area (Å²) >= 11 is 6.31. The lowest BCUT2D eigenvalue weighted by molar-refractivity contribution is 0.0639. The molecule has 1 aliphatic rings. The SMILES string of the molecule is CCN1CCN(C(=O)c2c(OC)cc(C)c(Cl)c2C)CC1. The summed E-state index contributed by atoms with van der Waals surface area (Å²) in [5.74, 6) is 0.624. The predicted molar refractivity (Wildman–Crippen MR) is 85.5 cm³/mol. The number of hydrogen-bond donors (Lipinski definition) is 0. The summed E-state index contributed by atoms with van der Waals surface area (Å²) in [6.45, 7) is 10.3. The second kappa shape index (κ2) is 6.67. The van der Waals surface area contributed by atoms with Crippen LogP contribution < -0.4 is 4.74 Å². The number of benzene rings is 1. The van der Waals surface area contributed by atoms with E-state index in [1.165, 1.54) is 0 Å². The molecular weight excluding hydrogens is 288 g/mol. The number of methoxy groups -OCH3 is 1. The summed E-state index contributed by atoms with van der Waals surface area (Å²) in [7, 11) is 1.59. The number of carbonyl (C=O) groups is 1. The van der Waals surface area contributed by atoms with Gasteiger partial charge in [0.1, 0.15) is 5.75 Å². The second-order valence-corrected chi connectivity index (χ2v) is 5.81. The third kappa shape index (κ3) is 3.16. The second-order valence-electron chi connectivity index (χ2n) is 5.44. The van der Waals surface area contributed by atoms with E-state index < -0.39 is 0 Å². The Morgan fingerprint density at radius 3 is 2.43 bits per heavy atom. The van der Waals surface area contributed by atoms with Crippen LogP contribution in [0.4, 0.5) is 0 Å². The summed E-state index contributed by atoms with van der Waals surface area (Å²) in [5, 5.41) is 0.645. The number of aryl methyl sites for hydroxylation is 1. The highest BCUT2D eigenvalue weighted by molar-refractivity contribution is 6.32. The number of likely N-dealkylation sites (N-methyl/N-ethyl adjacent to an activating group) is 1. The number of carbonyl (C=O) groups excluding carboxylic acids is 1. The molecule has 2 rings (SSSR count). The van der Waals surface area contributed by atoms with Crippen LogP contribution in [-0.4, -0.2) is 55.5 Å². The molecule has 0 aliphatic carbocycles. The molecule has 0 radical (unpaired) electrons. The van der Waals surface area contributed by atoms with E-state index in [1.807, 2.05) is 24.8 Å². The smallest absolute Gasteiger partial charge is 0.258 e. The Labute approximate surface area is 131 Å². The maximum Gasteiger partial charge on any atom is 0.258 e. The van der Waals surface area contributed by atoms with Crippen molar-refractivity contribution in [3.63, 3.8) is 0 Å². The van der Waals surface area contributed by atoms with E-state index in [-0.39, 0.29) is 5.91 Å². The van der Waals surface area contributed by atoms with Crippen LogP contribution in [0.1, 0.15) is 28.4 Å². The van der Waals surface area contributed by atoms with Gasteiger partial charge < -0.3 is 14.5 Å². The van der Waals surface area contributed by atoms with Gasteiger partial charge >= 0.3 is 0 Å². The van der Waals surface area contributed by atoms with Gasteiger partial charge in [-0.3, -0.25) is 4.79 Å². The van der Waals surface area contributed by atoms with Crippen LogP contribution in [0.5, 0.6) is 5.75 Å². The van der Waals surface area contributed by atoms with Crippen molar-refractivity contribution < 1.29 is 9.53 Å². The molecule has 1 aromatic rings. The Kier molecular flexibility index (Phi) is 5.12. The van der Waals surface area contributed by atoms with E-state index in [2.05, 4.69) is 11.8 Å². The molecule has 1 aromatic carbocycles. The maximum absolute atomic E-state index is 12.8. The highest BCUT2D eigenvalue weighted by Gasteiger charge is 2.26. The zero-order chi connectivity index (χ0) is 15.6. The first kappa shape index (κ1) is 16.1. The number of piperazine rings is 1. The minimum atomic E-state index is 0.0157. The molecule has 1 saturated heterocycles. The van der Waals surface area contributed by atoms with Gasteiger partial charge in [-0.05, 0) is 37.6 Å². The molecule has 21 heavy (non-hydrogen) atoms. The van der Waals surface area contributed by atoms with E-state index in [9.17, 15) is 4.79 Å². The summed E-state index contributed by atoms with van der Waals surface area (Å²) in [6, 6.07) is 1.84. The summed E-state index contributed by atoms with van der Waals surface area (Å²) in [5.41, 5.74) is 2.33. The molecule has 116 valence electrons. The first-order valence-corrected chi connectivity index (χ1v) is 7.72. The molecule has 1 aliphatic heterocycles. The number of hydrogen-bond acceptors (Lipinski definition) is 3. The fourth-order valence-corrected chi connectivity index (χ4v) is 2.92. The number of rotatable bonds is 3. The van der Waals surface area contributed by atoms with Crippen molar-refractivity contribution in [1.82, 2.24) is 9.80 Å². The molecule has 1 fully saturated rings. The lowest BCUT2D eigenvalue weighted by atomic mass is 10.0. The van der Waals surface area contributed by atoms with Crippen molar-refractivity contribution in [3.8, 4) is 5.75 Å². The van der Waals surface area contributed by atoms with E-state index in [4.69, 9.17) is 16.3 Å². The molecule has 5 heteroatoms. The highest BCUT2D eigenvalue weighted by Crippen LogP contribution is 2.32. The summed E-state index contributed by atoms with van der Waals surface area (Å²) in [4.78, 5) is 17.1. The van der Waals surface area contributed by atoms with Gasteiger partial charge in [0.05, 0.1) is 12.7 Å². The minimum absolute atomic E-state index is 0.0157. The quantitative estimate of drug-likeness (QED) is 0.860. The molecule has 0 saturated carbocycles. The van der Waals surface area contributed by atoms with Crippen molar-refractivity contribution in [1.29, 1.82) is 0 Å². The van der Waals surface area contributed by atoms with Gasteiger partial charge in [0, 0.05) is 31.2 Å². The average molecular weight is 311 g/mol. The standard InChI is InChI=1S/C16H23ClN2O2/c1-5-18-6-8-19(9-7-18)16(20)14-12(3)15(17)11(2)10-13(14)21-4/h10H,5-9H2,1-4H3. The number of nitrogens with zero attached hydrogens (tertiary/aromatic N) is 2. The van der Waals surface area contributed by atoms with Crippen LogP contribution in [0.25, 0.3) is 0 Å². The monoisotopic (exact) mass is 310 g/mol. The molecule has 0 N–H and O–H groups in total. The normalized spacial score (nSPS) is 16.1. The molecular formula is C16H23ClN2O2.